The van der Waals surface area contributed by atoms with Gasteiger partial charge in [-0.1, -0.05) is 0 Å². The molecule has 0 aliphatic carbocycles. The highest BCUT2D eigenvalue weighted by Gasteiger charge is 2.24. The summed E-state index contributed by atoms with van der Waals surface area (Å²) in [5.74, 6) is 0.144. The first-order valence-corrected chi connectivity index (χ1v) is 8.88. The summed E-state index contributed by atoms with van der Waals surface area (Å²) >= 11 is 0. The number of hydrogen-bond acceptors (Lipinski definition) is 6. The average molecular weight is 367 g/mol. The number of carbonyl (C=O) groups is 1. The molecule has 1 unspecified atom stereocenters. The Hall–Kier alpha value is -3.23. The lowest BCUT2D eigenvalue weighted by molar-refractivity contribution is 0.0949. The van der Waals surface area contributed by atoms with E-state index in [1.807, 2.05) is 13.1 Å². The normalized spacial score (nSPS) is 16.8. The van der Waals surface area contributed by atoms with Gasteiger partial charge in [0.05, 0.1) is 18.1 Å². The van der Waals surface area contributed by atoms with Crippen LogP contribution >= 0.6 is 0 Å². The fourth-order valence-corrected chi connectivity index (χ4v) is 3.33. The van der Waals surface area contributed by atoms with Gasteiger partial charge in [-0.05, 0) is 24.8 Å². The fourth-order valence-electron chi connectivity index (χ4n) is 3.33. The summed E-state index contributed by atoms with van der Waals surface area (Å²) in [4.78, 5) is 30.7. The zero-order chi connectivity index (χ0) is 19.0. The summed E-state index contributed by atoms with van der Waals surface area (Å²) in [7, 11) is 1.63. The Morgan fingerprint density at radius 2 is 2.15 bits per heavy atom. The molecule has 0 bridgehead atoms. The predicted octanol–water partition coefficient (Wildman–Crippen LogP) is 0.388. The maximum absolute atomic E-state index is 12.5. The lowest BCUT2D eigenvalue weighted by Crippen LogP contribution is -2.31. The van der Waals surface area contributed by atoms with Gasteiger partial charge in [-0.3, -0.25) is 9.59 Å². The number of amides is 1. The van der Waals surface area contributed by atoms with E-state index in [1.54, 1.807) is 36.2 Å². The molecule has 3 aromatic heterocycles. The van der Waals surface area contributed by atoms with Gasteiger partial charge in [-0.2, -0.15) is 10.2 Å². The van der Waals surface area contributed by atoms with Crippen LogP contribution in [0.25, 0.3) is 5.65 Å². The molecule has 1 fully saturated rings. The first kappa shape index (κ1) is 17.2. The second-order valence-corrected chi connectivity index (χ2v) is 6.94. The van der Waals surface area contributed by atoms with Crippen molar-refractivity contribution in [3.8, 4) is 0 Å². The Morgan fingerprint density at radius 3 is 2.96 bits per heavy atom. The largest absolute Gasteiger partial charge is 0.370 e. The first-order chi connectivity index (χ1) is 13.0. The molecule has 1 atom stereocenters. The maximum atomic E-state index is 12.5. The van der Waals surface area contributed by atoms with Gasteiger partial charge >= 0.3 is 0 Å². The van der Waals surface area contributed by atoms with Gasteiger partial charge in [0.25, 0.3) is 11.5 Å². The Morgan fingerprint density at radius 1 is 1.30 bits per heavy atom. The van der Waals surface area contributed by atoms with Crippen molar-refractivity contribution in [3.63, 3.8) is 0 Å². The predicted molar refractivity (Wildman–Crippen MR) is 99.9 cm³/mol. The molecule has 1 amide bonds. The summed E-state index contributed by atoms with van der Waals surface area (Å²) in [5, 5.41) is 11.2. The smallest absolute Gasteiger partial charge is 0.268 e. The monoisotopic (exact) mass is 367 g/mol. The molecule has 4 rings (SSSR count). The van der Waals surface area contributed by atoms with E-state index in [1.165, 1.54) is 4.68 Å². The van der Waals surface area contributed by atoms with Crippen LogP contribution in [-0.4, -0.2) is 49.9 Å². The van der Waals surface area contributed by atoms with Crippen molar-refractivity contribution >= 4 is 17.2 Å². The minimum Gasteiger partial charge on any atom is -0.370 e. The standard InChI is InChI=1S/C18H21N7O2/c1-12-6-19-17-15(9-22-25(17)10-12)18(27)20-7-13-3-4-24(11-13)14-5-16(26)23(2)21-8-14/h5-6,8-10,13H,3-4,7,11H2,1-2H3,(H,20,27). The third kappa shape index (κ3) is 3.40. The SMILES string of the molecule is Cc1cnc2c(C(=O)NCC3CCN(c4cnn(C)c(=O)c4)C3)cnn2c1. The van der Waals surface area contributed by atoms with E-state index >= 15 is 0 Å². The van der Waals surface area contributed by atoms with E-state index < -0.39 is 0 Å². The Labute approximate surface area is 155 Å². The zero-order valence-corrected chi connectivity index (χ0v) is 15.3. The highest BCUT2D eigenvalue weighted by molar-refractivity contribution is 5.99. The molecule has 4 heterocycles. The van der Waals surface area contributed by atoms with Gasteiger partial charge in [0.1, 0.15) is 5.56 Å². The summed E-state index contributed by atoms with van der Waals surface area (Å²) in [6, 6.07) is 1.60. The van der Waals surface area contributed by atoms with E-state index in [0.717, 1.165) is 30.8 Å². The van der Waals surface area contributed by atoms with Crippen LogP contribution in [0.15, 0.2) is 35.6 Å². The third-order valence-corrected chi connectivity index (χ3v) is 4.89. The molecule has 27 heavy (non-hydrogen) atoms. The Balaban J connectivity index is 1.38. The topological polar surface area (TPSA) is 97.4 Å². The Bertz CT molecular complexity index is 1060. The lowest BCUT2D eigenvalue weighted by atomic mass is 10.1. The second kappa shape index (κ2) is 6.82. The lowest BCUT2D eigenvalue weighted by Gasteiger charge is -2.18. The van der Waals surface area contributed by atoms with Gasteiger partial charge in [0.15, 0.2) is 5.65 Å². The highest BCUT2D eigenvalue weighted by atomic mass is 16.1. The van der Waals surface area contributed by atoms with Crippen LogP contribution < -0.4 is 15.8 Å². The average Bonchev–Trinajstić information content (AvgIpc) is 3.28. The molecule has 1 N–H and O–H groups in total. The number of nitrogens with one attached hydrogen (secondary N) is 1. The molecule has 1 aliphatic rings. The molecule has 0 aromatic carbocycles. The second-order valence-electron chi connectivity index (χ2n) is 6.94. The quantitative estimate of drug-likeness (QED) is 0.716. The number of carbonyl (C=O) groups excluding carboxylic acids is 1. The number of aromatic nitrogens is 5. The summed E-state index contributed by atoms with van der Waals surface area (Å²) in [5.41, 5.74) is 2.71. The molecule has 3 aromatic rings. The first-order valence-electron chi connectivity index (χ1n) is 8.88. The van der Waals surface area contributed by atoms with Gasteiger partial charge < -0.3 is 10.2 Å². The van der Waals surface area contributed by atoms with Crippen LogP contribution in [0.3, 0.4) is 0 Å². The zero-order valence-electron chi connectivity index (χ0n) is 15.3. The molecular weight excluding hydrogens is 346 g/mol. The number of aryl methyl sites for hydroxylation is 2. The molecule has 9 heteroatoms. The van der Waals surface area contributed by atoms with E-state index in [4.69, 9.17) is 0 Å². The third-order valence-electron chi connectivity index (χ3n) is 4.89. The van der Waals surface area contributed by atoms with Crippen LogP contribution in [0.1, 0.15) is 22.3 Å². The van der Waals surface area contributed by atoms with Gasteiger partial charge in [0.2, 0.25) is 0 Å². The molecule has 140 valence electrons. The molecule has 0 radical (unpaired) electrons. The molecule has 9 nitrogen and oxygen atoms in total. The van der Waals surface area contributed by atoms with Gasteiger partial charge in [0, 0.05) is 45.1 Å². The van der Waals surface area contributed by atoms with E-state index in [-0.39, 0.29) is 11.5 Å². The van der Waals surface area contributed by atoms with Crippen molar-refractivity contribution < 1.29 is 4.79 Å². The fraction of sp³-hybridized carbons (Fsp3) is 0.389. The molecule has 0 saturated carbocycles. The number of fused-ring (bicyclic) bond motifs is 1. The van der Waals surface area contributed by atoms with Gasteiger partial charge in [-0.25, -0.2) is 14.2 Å². The number of anilines is 1. The molecular formula is C18H21N7O2. The van der Waals surface area contributed by atoms with E-state index in [9.17, 15) is 9.59 Å². The van der Waals surface area contributed by atoms with Crippen LogP contribution in [0.2, 0.25) is 0 Å². The number of nitrogens with zero attached hydrogens (tertiary/aromatic N) is 6. The minimum atomic E-state index is -0.171. The van der Waals surface area contributed by atoms with Crippen molar-refractivity contribution in [2.24, 2.45) is 13.0 Å². The van der Waals surface area contributed by atoms with Crippen LogP contribution in [0.5, 0.6) is 0 Å². The van der Waals surface area contributed by atoms with Crippen LogP contribution in [-0.2, 0) is 7.05 Å². The van der Waals surface area contributed by atoms with E-state index in [2.05, 4.69) is 25.4 Å². The van der Waals surface area contributed by atoms with Crippen LogP contribution in [0.4, 0.5) is 5.69 Å². The van der Waals surface area contributed by atoms with Crippen molar-refractivity contribution in [1.82, 2.24) is 29.7 Å². The van der Waals surface area contributed by atoms with Crippen LogP contribution in [0, 0.1) is 12.8 Å². The molecule has 0 spiro atoms. The minimum absolute atomic E-state index is 0.125. The summed E-state index contributed by atoms with van der Waals surface area (Å²) in [6.45, 7) is 4.11. The van der Waals surface area contributed by atoms with Crippen molar-refractivity contribution in [2.45, 2.75) is 13.3 Å². The summed E-state index contributed by atoms with van der Waals surface area (Å²) < 4.78 is 2.92. The maximum Gasteiger partial charge on any atom is 0.268 e. The van der Waals surface area contributed by atoms with E-state index in [0.29, 0.717) is 23.7 Å². The van der Waals surface area contributed by atoms with Gasteiger partial charge in [-0.15, -0.1) is 0 Å². The number of hydrogen-bond donors (Lipinski definition) is 1. The van der Waals surface area contributed by atoms with Crippen molar-refractivity contribution in [2.75, 3.05) is 24.5 Å². The van der Waals surface area contributed by atoms with Crippen molar-refractivity contribution in [3.05, 3.63) is 52.3 Å². The number of rotatable bonds is 4. The molecule has 1 saturated heterocycles. The molecule has 1 aliphatic heterocycles. The highest BCUT2D eigenvalue weighted by Crippen LogP contribution is 2.21. The van der Waals surface area contributed by atoms with Crippen molar-refractivity contribution in [1.29, 1.82) is 0 Å². The summed E-state index contributed by atoms with van der Waals surface area (Å²) in [6.07, 6.45) is 7.76. The Kier molecular flexibility index (Phi) is 4.35.